The van der Waals surface area contributed by atoms with Crippen LogP contribution in [0.3, 0.4) is 0 Å². The standard InChI is InChI=1S/C34H48N2O5/c1-23(2)20-36(22-34(3,4)5)33(40)29-12-11-27(37)18-31(29)35-15-13-24(14-16-35)21-41-28-8-6-7-26(17-28)30(19-32(38)39)25-9-10-25/h6-8,11-12,17-18,23-25,30,37H,9-10,13-16,19-22H2,1-5H3,(H,38,39). The lowest BCUT2D eigenvalue weighted by atomic mass is 9.91. The summed E-state index contributed by atoms with van der Waals surface area (Å²) in [5, 5.41) is 19.7. The van der Waals surface area contributed by atoms with Crippen molar-refractivity contribution in [1.29, 1.82) is 0 Å². The molecule has 0 aromatic heterocycles. The Hall–Kier alpha value is -3.22. The van der Waals surface area contributed by atoms with Crippen LogP contribution in [-0.4, -0.2) is 59.8 Å². The Morgan fingerprint density at radius 2 is 1.76 bits per heavy atom. The normalized spacial score (nSPS) is 17.0. The number of phenolic OH excluding ortho intramolecular Hbond substituents is 1. The van der Waals surface area contributed by atoms with E-state index in [-0.39, 0.29) is 29.4 Å². The number of hydrogen-bond acceptors (Lipinski definition) is 5. The lowest BCUT2D eigenvalue weighted by molar-refractivity contribution is -0.137. The van der Waals surface area contributed by atoms with Gasteiger partial charge in [-0.25, -0.2) is 0 Å². The summed E-state index contributed by atoms with van der Waals surface area (Å²) in [6, 6.07) is 13.1. The zero-order valence-corrected chi connectivity index (χ0v) is 25.4. The van der Waals surface area contributed by atoms with Crippen LogP contribution in [0.25, 0.3) is 0 Å². The highest BCUT2D eigenvalue weighted by atomic mass is 16.5. The molecular weight excluding hydrogens is 516 g/mol. The predicted octanol–water partition coefficient (Wildman–Crippen LogP) is 6.80. The molecule has 2 aromatic carbocycles. The molecule has 2 aromatic rings. The van der Waals surface area contributed by atoms with Gasteiger partial charge in [0.05, 0.1) is 24.3 Å². The molecule has 1 heterocycles. The van der Waals surface area contributed by atoms with Gasteiger partial charge >= 0.3 is 5.97 Å². The molecule has 224 valence electrons. The second-order valence-corrected chi connectivity index (χ2v) is 13.7. The van der Waals surface area contributed by atoms with Crippen molar-refractivity contribution >= 4 is 17.6 Å². The molecule has 0 spiro atoms. The molecule has 2 N–H and O–H groups in total. The summed E-state index contributed by atoms with van der Waals surface area (Å²) in [4.78, 5) is 29.4. The average Bonchev–Trinajstić information content (AvgIpc) is 3.74. The van der Waals surface area contributed by atoms with Crippen molar-refractivity contribution in [2.24, 2.45) is 23.2 Å². The molecule has 1 atom stereocenters. The van der Waals surface area contributed by atoms with Crippen LogP contribution in [0.1, 0.15) is 88.6 Å². The number of carbonyl (C=O) groups excluding carboxylic acids is 1. The number of anilines is 1. The Balaban J connectivity index is 1.39. The zero-order valence-electron chi connectivity index (χ0n) is 25.4. The summed E-state index contributed by atoms with van der Waals surface area (Å²) < 4.78 is 6.21. The third kappa shape index (κ3) is 8.88. The Labute approximate surface area is 245 Å². The van der Waals surface area contributed by atoms with Gasteiger partial charge in [-0.15, -0.1) is 0 Å². The number of carboxylic acids is 1. The highest BCUT2D eigenvalue weighted by Gasteiger charge is 2.34. The number of carboxylic acid groups (broad SMARTS) is 1. The summed E-state index contributed by atoms with van der Waals surface area (Å²) in [5.41, 5.74) is 2.48. The van der Waals surface area contributed by atoms with Crippen LogP contribution >= 0.6 is 0 Å². The number of benzene rings is 2. The molecule has 1 unspecified atom stereocenters. The van der Waals surface area contributed by atoms with Crippen LogP contribution < -0.4 is 9.64 Å². The minimum Gasteiger partial charge on any atom is -0.508 e. The summed E-state index contributed by atoms with van der Waals surface area (Å²) in [7, 11) is 0. The molecule has 4 rings (SSSR count). The number of carbonyl (C=O) groups is 2. The maximum atomic E-state index is 13.8. The lowest BCUT2D eigenvalue weighted by Crippen LogP contribution is -2.41. The fourth-order valence-corrected chi connectivity index (χ4v) is 6.00. The molecule has 1 saturated carbocycles. The van der Waals surface area contributed by atoms with Gasteiger partial charge in [0.2, 0.25) is 0 Å². The Bertz CT molecular complexity index is 1190. The van der Waals surface area contributed by atoms with Gasteiger partial charge in [-0.2, -0.15) is 0 Å². The number of ether oxygens (including phenoxy) is 1. The number of piperidine rings is 1. The van der Waals surface area contributed by atoms with Crippen molar-refractivity contribution in [2.75, 3.05) is 37.7 Å². The summed E-state index contributed by atoms with van der Waals surface area (Å²) >= 11 is 0. The van der Waals surface area contributed by atoms with E-state index in [1.54, 1.807) is 18.2 Å². The fraction of sp³-hybridized carbons (Fsp3) is 0.588. The molecule has 2 aliphatic rings. The van der Waals surface area contributed by atoms with E-state index < -0.39 is 5.97 Å². The largest absolute Gasteiger partial charge is 0.508 e. The SMILES string of the molecule is CC(C)CN(CC(C)(C)C)C(=O)c1ccc(O)cc1N1CCC(COc2cccc(C(CC(=O)O)C3CC3)c2)CC1. The van der Waals surface area contributed by atoms with Crippen molar-refractivity contribution in [1.82, 2.24) is 4.90 Å². The predicted molar refractivity (Wildman–Crippen MR) is 163 cm³/mol. The van der Waals surface area contributed by atoms with E-state index in [9.17, 15) is 19.8 Å². The van der Waals surface area contributed by atoms with Crippen molar-refractivity contribution in [3.05, 3.63) is 53.6 Å². The maximum absolute atomic E-state index is 13.8. The molecule has 0 bridgehead atoms. The van der Waals surface area contributed by atoms with Crippen LogP contribution in [0.2, 0.25) is 0 Å². The molecule has 7 heteroatoms. The number of aliphatic carboxylic acids is 1. The maximum Gasteiger partial charge on any atom is 0.303 e. The number of phenols is 1. The first-order valence-electron chi connectivity index (χ1n) is 15.2. The molecule has 1 amide bonds. The quantitative estimate of drug-likeness (QED) is 0.295. The minimum atomic E-state index is -0.751. The van der Waals surface area contributed by atoms with Gasteiger partial charge in [0, 0.05) is 32.2 Å². The second-order valence-electron chi connectivity index (χ2n) is 13.7. The van der Waals surface area contributed by atoms with Crippen LogP contribution in [0.4, 0.5) is 5.69 Å². The minimum absolute atomic E-state index is 0.0152. The molecule has 1 aliphatic carbocycles. The first kappa shape index (κ1) is 30.7. The van der Waals surface area contributed by atoms with E-state index >= 15 is 0 Å². The molecule has 1 aliphatic heterocycles. The smallest absolute Gasteiger partial charge is 0.303 e. The first-order chi connectivity index (χ1) is 19.4. The van der Waals surface area contributed by atoms with Crippen LogP contribution in [0.15, 0.2) is 42.5 Å². The number of rotatable bonds is 12. The van der Waals surface area contributed by atoms with E-state index in [2.05, 4.69) is 39.5 Å². The highest BCUT2D eigenvalue weighted by Crippen LogP contribution is 2.45. The number of amides is 1. The monoisotopic (exact) mass is 564 g/mol. The van der Waals surface area contributed by atoms with Crippen molar-refractivity contribution < 1.29 is 24.5 Å². The Morgan fingerprint density at radius 3 is 2.37 bits per heavy atom. The Kier molecular flexibility index (Phi) is 9.88. The molecule has 2 fully saturated rings. The molecule has 1 saturated heterocycles. The third-order valence-corrected chi connectivity index (χ3v) is 8.06. The van der Waals surface area contributed by atoms with Gasteiger partial charge in [-0.05, 0) is 84.6 Å². The molecule has 7 nitrogen and oxygen atoms in total. The van der Waals surface area contributed by atoms with Gasteiger partial charge in [-0.3, -0.25) is 9.59 Å². The van der Waals surface area contributed by atoms with Gasteiger partial charge in [0.15, 0.2) is 0 Å². The van der Waals surface area contributed by atoms with E-state index in [1.165, 1.54) is 0 Å². The van der Waals surface area contributed by atoms with Gasteiger partial charge in [0.25, 0.3) is 5.91 Å². The van der Waals surface area contributed by atoms with E-state index in [4.69, 9.17) is 4.74 Å². The molecule has 41 heavy (non-hydrogen) atoms. The first-order valence-corrected chi connectivity index (χ1v) is 15.2. The van der Waals surface area contributed by atoms with Crippen molar-refractivity contribution in [3.63, 3.8) is 0 Å². The van der Waals surface area contributed by atoms with E-state index in [1.807, 2.05) is 29.2 Å². The van der Waals surface area contributed by atoms with Crippen molar-refractivity contribution in [2.45, 2.75) is 72.6 Å². The second kappa shape index (κ2) is 13.2. The lowest BCUT2D eigenvalue weighted by Gasteiger charge is -2.36. The van der Waals surface area contributed by atoms with Gasteiger partial charge in [-0.1, -0.05) is 46.8 Å². The number of aromatic hydroxyl groups is 1. The Morgan fingerprint density at radius 1 is 1.05 bits per heavy atom. The van der Waals surface area contributed by atoms with E-state index in [0.29, 0.717) is 43.0 Å². The summed E-state index contributed by atoms with van der Waals surface area (Å²) in [5.74, 6) is 1.48. The number of hydrogen-bond donors (Lipinski definition) is 2. The fourth-order valence-electron chi connectivity index (χ4n) is 6.00. The van der Waals surface area contributed by atoms with Crippen molar-refractivity contribution in [3.8, 4) is 11.5 Å². The average molecular weight is 565 g/mol. The van der Waals surface area contributed by atoms with Gasteiger partial charge < -0.3 is 24.7 Å². The zero-order chi connectivity index (χ0) is 29.7. The number of nitrogens with zero attached hydrogens (tertiary/aromatic N) is 2. The van der Waals surface area contributed by atoms with Gasteiger partial charge in [0.1, 0.15) is 11.5 Å². The summed E-state index contributed by atoms with van der Waals surface area (Å²) in [6.07, 6.45) is 4.20. The van der Waals surface area contributed by atoms with E-state index in [0.717, 1.165) is 55.8 Å². The van der Waals surface area contributed by atoms with Crippen LogP contribution in [0, 0.1) is 23.2 Å². The third-order valence-electron chi connectivity index (χ3n) is 8.06. The molecular formula is C34H48N2O5. The van der Waals surface area contributed by atoms with Crippen LogP contribution in [0.5, 0.6) is 11.5 Å². The summed E-state index contributed by atoms with van der Waals surface area (Å²) in [6.45, 7) is 14.2. The highest BCUT2D eigenvalue weighted by molar-refractivity contribution is 6.00. The topological polar surface area (TPSA) is 90.3 Å². The van der Waals surface area contributed by atoms with Crippen LogP contribution in [-0.2, 0) is 4.79 Å². The molecule has 0 radical (unpaired) electrons.